The summed E-state index contributed by atoms with van der Waals surface area (Å²) in [7, 11) is 0. The fourth-order valence-corrected chi connectivity index (χ4v) is 3.02. The van der Waals surface area contributed by atoms with Crippen molar-refractivity contribution in [1.29, 1.82) is 0 Å². The fraction of sp³-hybridized carbons (Fsp3) is 0.364. The van der Waals surface area contributed by atoms with Crippen molar-refractivity contribution >= 4 is 17.5 Å². The van der Waals surface area contributed by atoms with Gasteiger partial charge in [0.1, 0.15) is 6.42 Å². The second kappa shape index (κ2) is 9.76. The number of para-hydroxylation sites is 1. The SMILES string of the molecule is CCc1cccc(CC)c1NC(=O)CC(=O)N(CC)Cc1ccccc1. The van der Waals surface area contributed by atoms with Crippen molar-refractivity contribution in [2.24, 2.45) is 0 Å². The van der Waals surface area contributed by atoms with Crippen LogP contribution in [0.2, 0.25) is 0 Å². The van der Waals surface area contributed by atoms with Crippen molar-refractivity contribution in [2.45, 2.75) is 46.6 Å². The number of nitrogens with zero attached hydrogens (tertiary/aromatic N) is 1. The van der Waals surface area contributed by atoms with E-state index < -0.39 is 0 Å². The Labute approximate surface area is 156 Å². The van der Waals surface area contributed by atoms with Crippen LogP contribution in [0.15, 0.2) is 48.5 Å². The van der Waals surface area contributed by atoms with Crippen LogP contribution in [0.5, 0.6) is 0 Å². The molecule has 4 nitrogen and oxygen atoms in total. The lowest BCUT2D eigenvalue weighted by molar-refractivity contribution is -0.134. The molecule has 0 saturated carbocycles. The summed E-state index contributed by atoms with van der Waals surface area (Å²) in [6.07, 6.45) is 1.54. The molecule has 0 heterocycles. The predicted molar refractivity (Wildman–Crippen MR) is 106 cm³/mol. The van der Waals surface area contributed by atoms with Gasteiger partial charge < -0.3 is 10.2 Å². The van der Waals surface area contributed by atoms with Crippen LogP contribution in [-0.2, 0) is 29.0 Å². The summed E-state index contributed by atoms with van der Waals surface area (Å²) in [6.45, 7) is 7.16. The molecule has 0 spiro atoms. The van der Waals surface area contributed by atoms with E-state index in [1.165, 1.54) is 0 Å². The topological polar surface area (TPSA) is 49.4 Å². The molecule has 2 aromatic carbocycles. The first-order valence-electron chi connectivity index (χ1n) is 9.31. The lowest BCUT2D eigenvalue weighted by Gasteiger charge is -2.21. The smallest absolute Gasteiger partial charge is 0.233 e. The van der Waals surface area contributed by atoms with Crippen LogP contribution in [0.1, 0.15) is 43.9 Å². The molecule has 2 rings (SSSR count). The van der Waals surface area contributed by atoms with Crippen molar-refractivity contribution in [3.8, 4) is 0 Å². The Kier molecular flexibility index (Phi) is 7.39. The second-order valence-electron chi connectivity index (χ2n) is 6.28. The molecule has 26 heavy (non-hydrogen) atoms. The average molecular weight is 352 g/mol. The highest BCUT2D eigenvalue weighted by Crippen LogP contribution is 2.22. The molecule has 0 saturated heterocycles. The van der Waals surface area contributed by atoms with E-state index in [-0.39, 0.29) is 18.2 Å². The van der Waals surface area contributed by atoms with Crippen LogP contribution in [0.4, 0.5) is 5.69 Å². The van der Waals surface area contributed by atoms with Crippen LogP contribution < -0.4 is 5.32 Å². The van der Waals surface area contributed by atoms with E-state index in [4.69, 9.17) is 0 Å². The summed E-state index contributed by atoms with van der Waals surface area (Å²) < 4.78 is 0. The zero-order chi connectivity index (χ0) is 18.9. The highest BCUT2D eigenvalue weighted by atomic mass is 16.2. The molecule has 0 aliphatic rings. The fourth-order valence-electron chi connectivity index (χ4n) is 3.02. The number of aryl methyl sites for hydroxylation is 2. The third-order valence-corrected chi connectivity index (χ3v) is 4.53. The van der Waals surface area contributed by atoms with Crippen LogP contribution in [0.25, 0.3) is 0 Å². The van der Waals surface area contributed by atoms with Crippen LogP contribution in [0.3, 0.4) is 0 Å². The maximum atomic E-state index is 12.6. The van der Waals surface area contributed by atoms with E-state index in [1.54, 1.807) is 4.90 Å². The summed E-state index contributed by atoms with van der Waals surface area (Å²) in [5.74, 6) is -0.405. The first-order valence-corrected chi connectivity index (χ1v) is 9.31. The van der Waals surface area contributed by atoms with Crippen LogP contribution in [0, 0.1) is 0 Å². The molecule has 0 aliphatic heterocycles. The van der Waals surface area contributed by atoms with E-state index in [2.05, 4.69) is 19.2 Å². The molecular weight excluding hydrogens is 324 g/mol. The highest BCUT2D eigenvalue weighted by molar-refractivity contribution is 6.04. The first kappa shape index (κ1) is 19.7. The zero-order valence-corrected chi connectivity index (χ0v) is 15.9. The summed E-state index contributed by atoms with van der Waals surface area (Å²) in [4.78, 5) is 26.7. The number of carbonyl (C=O) groups is 2. The monoisotopic (exact) mass is 352 g/mol. The van der Waals surface area contributed by atoms with E-state index in [0.717, 1.165) is 35.2 Å². The molecule has 0 radical (unpaired) electrons. The van der Waals surface area contributed by atoms with Crippen molar-refractivity contribution in [2.75, 3.05) is 11.9 Å². The van der Waals surface area contributed by atoms with Gasteiger partial charge in [-0.3, -0.25) is 9.59 Å². The average Bonchev–Trinajstić information content (AvgIpc) is 2.66. The number of amides is 2. The normalized spacial score (nSPS) is 10.4. The van der Waals surface area contributed by atoms with Gasteiger partial charge in [0.2, 0.25) is 11.8 Å². The van der Waals surface area contributed by atoms with E-state index in [1.807, 2.05) is 55.5 Å². The van der Waals surface area contributed by atoms with Crippen LogP contribution in [-0.4, -0.2) is 23.3 Å². The maximum absolute atomic E-state index is 12.6. The summed E-state index contributed by atoms with van der Waals surface area (Å²) in [5, 5.41) is 2.97. The molecule has 1 N–H and O–H groups in total. The number of rotatable bonds is 8. The van der Waals surface area contributed by atoms with Gasteiger partial charge in [0.05, 0.1) is 0 Å². The highest BCUT2D eigenvalue weighted by Gasteiger charge is 2.18. The summed E-state index contributed by atoms with van der Waals surface area (Å²) in [6, 6.07) is 15.9. The molecule has 0 aromatic heterocycles. The van der Waals surface area contributed by atoms with Gasteiger partial charge in [0.25, 0.3) is 0 Å². The molecular formula is C22H28N2O2. The number of anilines is 1. The molecule has 138 valence electrons. The molecule has 0 aliphatic carbocycles. The van der Waals surface area contributed by atoms with Gasteiger partial charge in [-0.1, -0.05) is 62.4 Å². The minimum atomic E-state index is -0.253. The predicted octanol–water partition coefficient (Wildman–Crippen LogP) is 4.19. The van der Waals surface area contributed by atoms with Gasteiger partial charge in [0, 0.05) is 18.8 Å². The van der Waals surface area contributed by atoms with E-state index in [0.29, 0.717) is 13.1 Å². The van der Waals surface area contributed by atoms with Crippen molar-refractivity contribution in [3.05, 3.63) is 65.2 Å². The minimum absolute atomic E-state index is 0.137. The van der Waals surface area contributed by atoms with Gasteiger partial charge in [0.15, 0.2) is 0 Å². The number of hydrogen-bond donors (Lipinski definition) is 1. The van der Waals surface area contributed by atoms with Crippen molar-refractivity contribution in [3.63, 3.8) is 0 Å². The van der Waals surface area contributed by atoms with E-state index >= 15 is 0 Å². The largest absolute Gasteiger partial charge is 0.338 e. The molecule has 0 bridgehead atoms. The lowest BCUT2D eigenvalue weighted by atomic mass is 10.0. The quantitative estimate of drug-likeness (QED) is 0.724. The summed E-state index contributed by atoms with van der Waals surface area (Å²) in [5.41, 5.74) is 4.12. The van der Waals surface area contributed by atoms with Gasteiger partial charge >= 0.3 is 0 Å². The molecule has 0 atom stereocenters. The van der Waals surface area contributed by atoms with Crippen molar-refractivity contribution < 1.29 is 9.59 Å². The third-order valence-electron chi connectivity index (χ3n) is 4.53. The minimum Gasteiger partial charge on any atom is -0.338 e. The lowest BCUT2D eigenvalue weighted by Crippen LogP contribution is -2.33. The zero-order valence-electron chi connectivity index (χ0n) is 15.9. The number of carbonyl (C=O) groups excluding carboxylic acids is 2. The Morgan fingerprint density at radius 3 is 2.04 bits per heavy atom. The third kappa shape index (κ3) is 5.19. The van der Waals surface area contributed by atoms with Gasteiger partial charge in [-0.15, -0.1) is 0 Å². The van der Waals surface area contributed by atoms with Gasteiger partial charge in [-0.2, -0.15) is 0 Å². The van der Waals surface area contributed by atoms with Crippen LogP contribution >= 0.6 is 0 Å². The van der Waals surface area contributed by atoms with Crippen molar-refractivity contribution in [1.82, 2.24) is 4.90 Å². The van der Waals surface area contributed by atoms with Gasteiger partial charge in [-0.25, -0.2) is 0 Å². The Morgan fingerprint density at radius 2 is 1.50 bits per heavy atom. The van der Waals surface area contributed by atoms with Gasteiger partial charge in [-0.05, 0) is 36.5 Å². The molecule has 0 unspecified atom stereocenters. The number of nitrogens with one attached hydrogen (secondary N) is 1. The standard InChI is InChI=1S/C22H28N2O2/c1-4-18-13-10-14-19(5-2)22(18)23-20(25)15-21(26)24(6-3)16-17-11-8-7-9-12-17/h7-14H,4-6,15-16H2,1-3H3,(H,23,25). The Morgan fingerprint density at radius 1 is 0.885 bits per heavy atom. The second-order valence-corrected chi connectivity index (χ2v) is 6.28. The molecule has 4 heteroatoms. The molecule has 2 aromatic rings. The van der Waals surface area contributed by atoms with E-state index in [9.17, 15) is 9.59 Å². The molecule has 2 amide bonds. The number of hydrogen-bond acceptors (Lipinski definition) is 2. The first-order chi connectivity index (χ1) is 12.6. The molecule has 0 fully saturated rings. The maximum Gasteiger partial charge on any atom is 0.233 e. The Balaban J connectivity index is 2.03. The number of benzene rings is 2. The Hall–Kier alpha value is -2.62. The summed E-state index contributed by atoms with van der Waals surface area (Å²) >= 11 is 0. The Bertz CT molecular complexity index is 719.